The van der Waals surface area contributed by atoms with Crippen LogP contribution in [0.3, 0.4) is 0 Å². The zero-order chi connectivity index (χ0) is 8.32. The molecule has 1 rings (SSSR count). The molecule has 0 radical (unpaired) electrons. The number of hydrogen-bond donors (Lipinski definition) is 0. The van der Waals surface area contributed by atoms with Crippen molar-refractivity contribution in [1.29, 1.82) is 0 Å². The molecule has 2 heteroatoms. The zero-order valence-corrected chi connectivity index (χ0v) is 8.83. The Morgan fingerprint density at radius 3 is 2.18 bits per heavy atom. The summed E-state index contributed by atoms with van der Waals surface area (Å²) in [6.07, 6.45) is 0. The van der Waals surface area contributed by atoms with E-state index in [1.165, 1.54) is 0 Å². The van der Waals surface area contributed by atoms with Gasteiger partial charge in [0.2, 0.25) is 0 Å². The summed E-state index contributed by atoms with van der Waals surface area (Å²) in [5.74, 6) is 0.923. The van der Waals surface area contributed by atoms with Crippen LogP contribution in [0.1, 0.15) is 13.8 Å². The molecule has 0 aromatic heterocycles. The molecule has 0 aliphatic carbocycles. The van der Waals surface area contributed by atoms with Crippen molar-refractivity contribution >= 4 is 22.6 Å². The van der Waals surface area contributed by atoms with E-state index >= 15 is 0 Å². The molecule has 0 bridgehead atoms. The first-order valence-electron chi connectivity index (χ1n) is 3.51. The van der Waals surface area contributed by atoms with Gasteiger partial charge in [0.15, 0.2) is 3.61 Å². The van der Waals surface area contributed by atoms with Crippen LogP contribution in [0, 0.1) is 0 Å². The summed E-state index contributed by atoms with van der Waals surface area (Å²) in [5, 5.41) is 0. The molecule has 0 unspecified atom stereocenters. The molecule has 0 saturated heterocycles. The van der Waals surface area contributed by atoms with Gasteiger partial charge in [0, 0.05) is 0 Å². The first-order chi connectivity index (χ1) is 5.08. The summed E-state index contributed by atoms with van der Waals surface area (Å²) in [4.78, 5) is 0. The largest absolute Gasteiger partial charge is 0.478 e. The monoisotopic (exact) mass is 262 g/mol. The lowest BCUT2D eigenvalue weighted by atomic mass is 10.3. The fourth-order valence-corrected chi connectivity index (χ4v) is 1.02. The van der Waals surface area contributed by atoms with Crippen molar-refractivity contribution < 1.29 is 4.74 Å². The Morgan fingerprint density at radius 2 is 1.73 bits per heavy atom. The third kappa shape index (κ3) is 3.60. The highest BCUT2D eigenvalue weighted by Gasteiger charge is 2.12. The maximum atomic E-state index is 5.59. The molecule has 0 aliphatic heterocycles. The lowest BCUT2D eigenvalue weighted by Gasteiger charge is -2.18. The lowest BCUT2D eigenvalue weighted by Crippen LogP contribution is -2.18. The van der Waals surface area contributed by atoms with Crippen LogP contribution < -0.4 is 4.74 Å². The van der Waals surface area contributed by atoms with Gasteiger partial charge in [-0.3, -0.25) is 0 Å². The van der Waals surface area contributed by atoms with E-state index in [1.807, 2.05) is 44.2 Å². The van der Waals surface area contributed by atoms with Gasteiger partial charge < -0.3 is 4.74 Å². The van der Waals surface area contributed by atoms with Crippen molar-refractivity contribution in [2.45, 2.75) is 17.5 Å². The van der Waals surface area contributed by atoms with Crippen LogP contribution in [0.25, 0.3) is 0 Å². The number of benzene rings is 1. The molecular formula is C9H11IO. The Balaban J connectivity index is 2.66. The fraction of sp³-hybridized carbons (Fsp3) is 0.333. The highest BCUT2D eigenvalue weighted by atomic mass is 127. The van der Waals surface area contributed by atoms with Crippen LogP contribution in [0.4, 0.5) is 0 Å². The quantitative estimate of drug-likeness (QED) is 0.587. The van der Waals surface area contributed by atoms with Gasteiger partial charge in [0.05, 0.1) is 0 Å². The van der Waals surface area contributed by atoms with E-state index in [0.717, 1.165) is 5.75 Å². The summed E-state index contributed by atoms with van der Waals surface area (Å²) in [6.45, 7) is 4.06. The SMILES string of the molecule is CC(C)(I)Oc1ccccc1. The van der Waals surface area contributed by atoms with Gasteiger partial charge in [-0.05, 0) is 48.6 Å². The highest BCUT2D eigenvalue weighted by molar-refractivity contribution is 14.1. The van der Waals surface area contributed by atoms with Crippen LogP contribution in [-0.4, -0.2) is 3.61 Å². The molecule has 1 aromatic carbocycles. The second kappa shape index (κ2) is 3.43. The van der Waals surface area contributed by atoms with E-state index in [2.05, 4.69) is 22.6 Å². The van der Waals surface area contributed by atoms with Gasteiger partial charge in [-0.15, -0.1) is 0 Å². The molecule has 1 aromatic rings. The Kier molecular flexibility index (Phi) is 2.76. The van der Waals surface area contributed by atoms with Gasteiger partial charge in [-0.1, -0.05) is 18.2 Å². The van der Waals surface area contributed by atoms with E-state index in [-0.39, 0.29) is 3.61 Å². The molecule has 60 valence electrons. The van der Waals surface area contributed by atoms with Crippen LogP contribution in [0.2, 0.25) is 0 Å². The second-order valence-electron chi connectivity index (χ2n) is 2.78. The minimum Gasteiger partial charge on any atom is -0.478 e. The predicted octanol–water partition coefficient (Wildman–Crippen LogP) is 3.24. The van der Waals surface area contributed by atoms with Gasteiger partial charge in [-0.2, -0.15) is 0 Å². The third-order valence-electron chi connectivity index (χ3n) is 1.10. The van der Waals surface area contributed by atoms with E-state index in [1.54, 1.807) is 0 Å². The fourth-order valence-electron chi connectivity index (χ4n) is 0.769. The number of ether oxygens (including phenoxy) is 1. The minimum atomic E-state index is -0.126. The molecule has 0 amide bonds. The van der Waals surface area contributed by atoms with Crippen LogP contribution in [0.5, 0.6) is 5.75 Å². The molecular weight excluding hydrogens is 251 g/mol. The first-order valence-corrected chi connectivity index (χ1v) is 4.59. The average molecular weight is 262 g/mol. The molecule has 0 atom stereocenters. The Bertz CT molecular complexity index is 213. The standard InChI is InChI=1S/C9H11IO/c1-9(2,10)11-8-6-4-3-5-7-8/h3-7H,1-2H3. The van der Waals surface area contributed by atoms with E-state index in [0.29, 0.717) is 0 Å². The molecule has 0 spiro atoms. The number of hydrogen-bond acceptors (Lipinski definition) is 1. The average Bonchev–Trinajstić information content (AvgIpc) is 1.85. The first kappa shape index (κ1) is 8.84. The molecule has 11 heavy (non-hydrogen) atoms. The summed E-state index contributed by atoms with van der Waals surface area (Å²) in [6, 6.07) is 9.84. The van der Waals surface area contributed by atoms with Crippen molar-refractivity contribution in [3.63, 3.8) is 0 Å². The van der Waals surface area contributed by atoms with Gasteiger partial charge in [0.25, 0.3) is 0 Å². The summed E-state index contributed by atoms with van der Waals surface area (Å²) >= 11 is 2.26. The summed E-state index contributed by atoms with van der Waals surface area (Å²) in [7, 11) is 0. The van der Waals surface area contributed by atoms with Crippen molar-refractivity contribution in [1.82, 2.24) is 0 Å². The zero-order valence-electron chi connectivity index (χ0n) is 6.67. The highest BCUT2D eigenvalue weighted by Crippen LogP contribution is 2.22. The minimum absolute atomic E-state index is 0.126. The summed E-state index contributed by atoms with van der Waals surface area (Å²) in [5.41, 5.74) is 0. The number of halogens is 1. The summed E-state index contributed by atoms with van der Waals surface area (Å²) < 4.78 is 5.46. The van der Waals surface area contributed by atoms with E-state index in [4.69, 9.17) is 4.74 Å². The van der Waals surface area contributed by atoms with Crippen LogP contribution in [-0.2, 0) is 0 Å². The smallest absolute Gasteiger partial charge is 0.153 e. The molecule has 0 aliphatic rings. The van der Waals surface area contributed by atoms with Crippen LogP contribution >= 0.6 is 22.6 Å². The van der Waals surface area contributed by atoms with Gasteiger partial charge in [0.1, 0.15) is 5.75 Å². The van der Waals surface area contributed by atoms with E-state index in [9.17, 15) is 0 Å². The maximum Gasteiger partial charge on any atom is 0.153 e. The van der Waals surface area contributed by atoms with Gasteiger partial charge >= 0.3 is 0 Å². The van der Waals surface area contributed by atoms with Crippen LogP contribution in [0.15, 0.2) is 30.3 Å². The molecule has 0 heterocycles. The predicted molar refractivity (Wildman–Crippen MR) is 55.2 cm³/mol. The van der Waals surface area contributed by atoms with Gasteiger partial charge in [-0.25, -0.2) is 0 Å². The van der Waals surface area contributed by atoms with E-state index < -0.39 is 0 Å². The molecule has 0 fully saturated rings. The van der Waals surface area contributed by atoms with Crippen molar-refractivity contribution in [2.75, 3.05) is 0 Å². The normalized spacial score (nSPS) is 11.2. The molecule has 0 N–H and O–H groups in total. The molecule has 0 saturated carbocycles. The van der Waals surface area contributed by atoms with Crippen molar-refractivity contribution in [3.05, 3.63) is 30.3 Å². The Hall–Kier alpha value is -0.250. The third-order valence-corrected chi connectivity index (χ3v) is 1.32. The Labute approximate surface area is 80.9 Å². The number of alkyl halides is 1. The second-order valence-corrected chi connectivity index (χ2v) is 5.38. The number of rotatable bonds is 2. The topological polar surface area (TPSA) is 9.23 Å². The maximum absolute atomic E-state index is 5.59. The van der Waals surface area contributed by atoms with Crippen molar-refractivity contribution in [3.8, 4) is 5.75 Å². The Morgan fingerprint density at radius 1 is 1.18 bits per heavy atom. The van der Waals surface area contributed by atoms with Crippen molar-refractivity contribution in [2.24, 2.45) is 0 Å². The number of para-hydroxylation sites is 1. The molecule has 1 nitrogen and oxygen atoms in total. The lowest BCUT2D eigenvalue weighted by molar-refractivity contribution is 0.225.